The summed E-state index contributed by atoms with van der Waals surface area (Å²) in [6.07, 6.45) is 0. The van der Waals surface area contributed by atoms with Gasteiger partial charge in [-0.05, 0) is 24.3 Å². The van der Waals surface area contributed by atoms with E-state index in [0.717, 1.165) is 5.69 Å². The molecule has 0 aliphatic rings. The zero-order chi connectivity index (χ0) is 13.0. The van der Waals surface area contributed by atoms with Crippen LogP contribution in [0.5, 0.6) is 5.88 Å². The predicted octanol–water partition coefficient (Wildman–Crippen LogP) is 3.49. The van der Waals surface area contributed by atoms with Gasteiger partial charge < -0.3 is 10.1 Å². The van der Waals surface area contributed by atoms with Crippen molar-refractivity contribution in [3.8, 4) is 5.88 Å². The van der Waals surface area contributed by atoms with Crippen molar-refractivity contribution in [2.45, 2.75) is 6.54 Å². The second-order valence-corrected chi connectivity index (χ2v) is 4.06. The predicted molar refractivity (Wildman–Crippen MR) is 69.5 cm³/mol. The summed E-state index contributed by atoms with van der Waals surface area (Å²) in [6.45, 7) is 0.489. The van der Waals surface area contributed by atoms with Crippen LogP contribution in [0, 0.1) is 5.82 Å². The van der Waals surface area contributed by atoms with Crippen molar-refractivity contribution in [2.75, 3.05) is 12.4 Å². The van der Waals surface area contributed by atoms with Crippen molar-refractivity contribution < 1.29 is 9.13 Å². The molecule has 18 heavy (non-hydrogen) atoms. The monoisotopic (exact) mass is 266 g/mol. The molecule has 0 saturated heterocycles. The Labute approximate surface area is 110 Å². The minimum absolute atomic E-state index is 0.345. The second kappa shape index (κ2) is 5.69. The number of nitrogens with zero attached hydrogens (tertiary/aromatic N) is 1. The Bertz CT molecular complexity index is 548. The Morgan fingerprint density at radius 2 is 2.17 bits per heavy atom. The highest BCUT2D eigenvalue weighted by Gasteiger charge is 2.02. The molecule has 0 fully saturated rings. The molecule has 1 N–H and O–H groups in total. The number of rotatable bonds is 4. The number of benzene rings is 1. The van der Waals surface area contributed by atoms with E-state index in [1.807, 2.05) is 12.1 Å². The Morgan fingerprint density at radius 3 is 2.89 bits per heavy atom. The molecule has 0 amide bonds. The molecule has 0 radical (unpaired) electrons. The molecule has 2 rings (SSSR count). The van der Waals surface area contributed by atoms with Crippen LogP contribution < -0.4 is 10.1 Å². The molecule has 1 aromatic heterocycles. The van der Waals surface area contributed by atoms with E-state index in [1.54, 1.807) is 19.2 Å². The van der Waals surface area contributed by atoms with Gasteiger partial charge in [0, 0.05) is 6.07 Å². The van der Waals surface area contributed by atoms with Crippen LogP contribution in [0.4, 0.5) is 10.1 Å². The fourth-order valence-corrected chi connectivity index (χ4v) is 1.72. The van der Waals surface area contributed by atoms with E-state index >= 15 is 0 Å². The Morgan fingerprint density at radius 1 is 1.33 bits per heavy atom. The number of pyridine rings is 1. The average Bonchev–Trinajstić information content (AvgIpc) is 2.38. The first-order valence-electron chi connectivity index (χ1n) is 5.38. The lowest BCUT2D eigenvalue weighted by Crippen LogP contribution is -2.03. The minimum Gasteiger partial charge on any atom is -0.481 e. The zero-order valence-electron chi connectivity index (χ0n) is 9.78. The van der Waals surface area contributed by atoms with Gasteiger partial charge in [-0.1, -0.05) is 17.7 Å². The van der Waals surface area contributed by atoms with Crippen LogP contribution in [0.2, 0.25) is 5.02 Å². The first-order chi connectivity index (χ1) is 8.69. The van der Waals surface area contributed by atoms with Crippen molar-refractivity contribution in [2.24, 2.45) is 0 Å². The van der Waals surface area contributed by atoms with Gasteiger partial charge in [-0.25, -0.2) is 9.37 Å². The number of ether oxygens (including phenoxy) is 1. The number of nitrogens with one attached hydrogen (secondary N) is 1. The van der Waals surface area contributed by atoms with Gasteiger partial charge in [0.25, 0.3) is 0 Å². The Balaban J connectivity index is 2.06. The van der Waals surface area contributed by atoms with E-state index < -0.39 is 0 Å². The van der Waals surface area contributed by atoms with E-state index in [4.69, 9.17) is 16.3 Å². The average molecular weight is 267 g/mol. The summed E-state index contributed by atoms with van der Waals surface area (Å²) in [5, 5.41) is 3.44. The van der Waals surface area contributed by atoms with Gasteiger partial charge in [-0.2, -0.15) is 0 Å². The maximum Gasteiger partial charge on any atom is 0.213 e. The van der Waals surface area contributed by atoms with Gasteiger partial charge >= 0.3 is 0 Å². The van der Waals surface area contributed by atoms with E-state index in [9.17, 15) is 4.39 Å². The summed E-state index contributed by atoms with van der Waals surface area (Å²) in [4.78, 5) is 4.25. The minimum atomic E-state index is -0.356. The number of anilines is 1. The number of hydrogen-bond donors (Lipinski definition) is 1. The van der Waals surface area contributed by atoms with Gasteiger partial charge in [-0.3, -0.25) is 0 Å². The van der Waals surface area contributed by atoms with Crippen LogP contribution in [0.3, 0.4) is 0 Å². The van der Waals surface area contributed by atoms with Crippen molar-refractivity contribution in [1.82, 2.24) is 4.98 Å². The standard InChI is InChI=1S/C13H12ClFN2O/c1-18-13-4-2-3-10(17-13)8-16-12-6-5-9(15)7-11(12)14/h2-7,16H,8H2,1H3. The summed E-state index contributed by atoms with van der Waals surface area (Å²) < 4.78 is 17.9. The summed E-state index contributed by atoms with van der Waals surface area (Å²) in [5.74, 6) is 0.199. The van der Waals surface area contributed by atoms with E-state index in [0.29, 0.717) is 23.1 Å². The lowest BCUT2D eigenvalue weighted by Gasteiger charge is -2.08. The highest BCUT2D eigenvalue weighted by Crippen LogP contribution is 2.22. The fraction of sp³-hybridized carbons (Fsp3) is 0.154. The smallest absolute Gasteiger partial charge is 0.213 e. The van der Waals surface area contributed by atoms with Crippen LogP contribution in [0.1, 0.15) is 5.69 Å². The molecule has 0 unspecified atom stereocenters. The second-order valence-electron chi connectivity index (χ2n) is 3.65. The summed E-state index contributed by atoms with van der Waals surface area (Å²) in [7, 11) is 1.57. The molecule has 0 saturated carbocycles. The zero-order valence-corrected chi connectivity index (χ0v) is 10.5. The van der Waals surface area contributed by atoms with Gasteiger partial charge in [0.05, 0.1) is 30.1 Å². The molecule has 5 heteroatoms. The van der Waals surface area contributed by atoms with Crippen molar-refractivity contribution in [3.63, 3.8) is 0 Å². The fourth-order valence-electron chi connectivity index (χ4n) is 1.49. The third-order valence-corrected chi connectivity index (χ3v) is 2.69. The molecule has 0 spiro atoms. The molecular weight excluding hydrogens is 255 g/mol. The summed E-state index contributed by atoms with van der Waals surface area (Å²) in [6, 6.07) is 9.71. The molecule has 3 nitrogen and oxygen atoms in total. The first-order valence-corrected chi connectivity index (χ1v) is 5.75. The number of hydrogen-bond acceptors (Lipinski definition) is 3. The lowest BCUT2D eigenvalue weighted by atomic mass is 10.3. The molecule has 0 bridgehead atoms. The maximum absolute atomic E-state index is 12.9. The van der Waals surface area contributed by atoms with Crippen LogP contribution in [-0.4, -0.2) is 12.1 Å². The summed E-state index contributed by atoms with van der Waals surface area (Å²) in [5.41, 5.74) is 1.48. The lowest BCUT2D eigenvalue weighted by molar-refractivity contribution is 0.396. The van der Waals surface area contributed by atoms with Gasteiger partial charge in [0.15, 0.2) is 0 Å². The normalized spacial score (nSPS) is 10.2. The molecule has 1 aromatic carbocycles. The van der Waals surface area contributed by atoms with E-state index in [-0.39, 0.29) is 5.82 Å². The largest absolute Gasteiger partial charge is 0.481 e. The van der Waals surface area contributed by atoms with Gasteiger partial charge in [0.2, 0.25) is 5.88 Å². The number of aromatic nitrogens is 1. The van der Waals surface area contributed by atoms with E-state index in [1.165, 1.54) is 12.1 Å². The van der Waals surface area contributed by atoms with Crippen LogP contribution in [0.15, 0.2) is 36.4 Å². The molecule has 0 aliphatic heterocycles. The van der Waals surface area contributed by atoms with Crippen molar-refractivity contribution in [1.29, 1.82) is 0 Å². The van der Waals surface area contributed by atoms with Crippen molar-refractivity contribution >= 4 is 17.3 Å². The molecule has 2 aromatic rings. The number of halogens is 2. The van der Waals surface area contributed by atoms with Crippen LogP contribution in [0.25, 0.3) is 0 Å². The van der Waals surface area contributed by atoms with Crippen molar-refractivity contribution in [3.05, 3.63) is 52.9 Å². The van der Waals surface area contributed by atoms with Crippen LogP contribution in [-0.2, 0) is 6.54 Å². The highest BCUT2D eigenvalue weighted by molar-refractivity contribution is 6.33. The first kappa shape index (κ1) is 12.6. The van der Waals surface area contributed by atoms with Gasteiger partial charge in [0.1, 0.15) is 5.82 Å². The quantitative estimate of drug-likeness (QED) is 0.920. The highest BCUT2D eigenvalue weighted by atomic mass is 35.5. The van der Waals surface area contributed by atoms with E-state index in [2.05, 4.69) is 10.3 Å². The maximum atomic E-state index is 12.9. The summed E-state index contributed by atoms with van der Waals surface area (Å²) >= 11 is 5.91. The third kappa shape index (κ3) is 3.11. The third-order valence-electron chi connectivity index (χ3n) is 2.38. The molecule has 0 atom stereocenters. The number of methoxy groups -OCH3 is 1. The van der Waals surface area contributed by atoms with Crippen LogP contribution >= 0.6 is 11.6 Å². The Hall–Kier alpha value is -1.81. The van der Waals surface area contributed by atoms with Gasteiger partial charge in [-0.15, -0.1) is 0 Å². The molecular formula is C13H12ClFN2O. The molecule has 94 valence electrons. The molecule has 0 aliphatic carbocycles. The molecule has 1 heterocycles. The Kier molecular flexibility index (Phi) is 3.99. The topological polar surface area (TPSA) is 34.1 Å². The SMILES string of the molecule is COc1cccc(CNc2ccc(F)cc2Cl)n1.